The van der Waals surface area contributed by atoms with Gasteiger partial charge >= 0.3 is 12.2 Å². The van der Waals surface area contributed by atoms with Gasteiger partial charge < -0.3 is 4.90 Å². The Morgan fingerprint density at radius 2 is 1.40 bits per heavy atom. The van der Waals surface area contributed by atoms with Crippen LogP contribution in [-0.2, 0) is 14.4 Å². The van der Waals surface area contributed by atoms with Crippen LogP contribution in [0.25, 0.3) is 0 Å². The molecule has 0 radical (unpaired) electrons. The van der Waals surface area contributed by atoms with Gasteiger partial charge in [-0.3, -0.25) is 14.4 Å². The Balaban J connectivity index is 6.10. The Morgan fingerprint density at radius 1 is 1.00 bits per heavy atom. The maximum absolute atomic E-state index is 13.8. The van der Waals surface area contributed by atoms with Gasteiger partial charge in [-0.25, -0.2) is 4.90 Å². The standard InChI is InChI=1S/C15H21F5N2O3/c1-8(2)10(23)21(7)9(3)11(24)22(12(25)13(4,5)6)15(19,20)14(16,17)18/h9H,1H2,2-7H3. The highest BCUT2D eigenvalue weighted by atomic mass is 19.4. The third-order valence-corrected chi connectivity index (χ3v) is 3.31. The number of halogens is 5. The largest absolute Gasteiger partial charge is 0.476 e. The van der Waals surface area contributed by atoms with Gasteiger partial charge in [0.15, 0.2) is 0 Å². The van der Waals surface area contributed by atoms with E-state index in [2.05, 4.69) is 6.58 Å². The third kappa shape index (κ3) is 4.76. The second-order valence-electron chi connectivity index (χ2n) is 6.64. The molecule has 25 heavy (non-hydrogen) atoms. The van der Waals surface area contributed by atoms with E-state index in [0.717, 1.165) is 34.7 Å². The van der Waals surface area contributed by atoms with Crippen molar-refractivity contribution in [2.24, 2.45) is 5.41 Å². The van der Waals surface area contributed by atoms with Crippen LogP contribution >= 0.6 is 0 Å². The molecule has 0 heterocycles. The molecule has 0 aromatic carbocycles. The first-order valence-electron chi connectivity index (χ1n) is 7.13. The molecule has 0 aliphatic carbocycles. The summed E-state index contributed by atoms with van der Waals surface area (Å²) in [5.74, 6) is -4.40. The summed E-state index contributed by atoms with van der Waals surface area (Å²) >= 11 is 0. The molecular formula is C15H21F5N2O3. The molecule has 3 amide bonds. The Morgan fingerprint density at radius 3 is 1.68 bits per heavy atom. The first-order valence-corrected chi connectivity index (χ1v) is 7.13. The van der Waals surface area contributed by atoms with Gasteiger partial charge in [-0.15, -0.1) is 0 Å². The van der Waals surface area contributed by atoms with E-state index in [-0.39, 0.29) is 5.57 Å². The highest BCUT2D eigenvalue weighted by Crippen LogP contribution is 2.40. The number of carbonyl (C=O) groups is 3. The summed E-state index contributed by atoms with van der Waals surface area (Å²) in [5.41, 5.74) is -1.75. The van der Waals surface area contributed by atoms with Crippen LogP contribution in [0.15, 0.2) is 12.2 Å². The van der Waals surface area contributed by atoms with Gasteiger partial charge in [0.2, 0.25) is 11.8 Å². The van der Waals surface area contributed by atoms with Crippen molar-refractivity contribution in [1.82, 2.24) is 9.80 Å². The van der Waals surface area contributed by atoms with Crippen LogP contribution in [0.5, 0.6) is 0 Å². The topological polar surface area (TPSA) is 57.7 Å². The molecule has 1 unspecified atom stereocenters. The SMILES string of the molecule is C=C(C)C(=O)N(C)C(C)C(=O)N(C(=O)C(C)(C)C)C(F)(F)C(F)(F)F. The average Bonchev–Trinajstić information content (AvgIpc) is 2.42. The van der Waals surface area contributed by atoms with E-state index in [0.29, 0.717) is 4.90 Å². The van der Waals surface area contributed by atoms with Gasteiger partial charge in [-0.05, 0) is 13.8 Å². The van der Waals surface area contributed by atoms with Crippen LogP contribution in [0.2, 0.25) is 0 Å². The maximum atomic E-state index is 13.8. The summed E-state index contributed by atoms with van der Waals surface area (Å²) in [4.78, 5) is 35.7. The van der Waals surface area contributed by atoms with E-state index in [1.54, 1.807) is 0 Å². The number of hydrogen-bond donors (Lipinski definition) is 0. The predicted octanol–water partition coefficient (Wildman–Crippen LogP) is 2.97. The summed E-state index contributed by atoms with van der Waals surface area (Å²) < 4.78 is 66.0. The molecule has 0 saturated carbocycles. The second kappa shape index (κ2) is 7.09. The van der Waals surface area contributed by atoms with Crippen molar-refractivity contribution in [3.8, 4) is 0 Å². The van der Waals surface area contributed by atoms with E-state index in [4.69, 9.17) is 0 Å². The summed E-state index contributed by atoms with van der Waals surface area (Å²) in [6, 6.07) is -7.47. The van der Waals surface area contributed by atoms with Crippen molar-refractivity contribution in [3.63, 3.8) is 0 Å². The fourth-order valence-corrected chi connectivity index (χ4v) is 1.66. The molecule has 0 N–H and O–H groups in total. The van der Waals surface area contributed by atoms with Gasteiger partial charge in [0, 0.05) is 18.0 Å². The van der Waals surface area contributed by atoms with Crippen molar-refractivity contribution in [2.45, 2.75) is 52.9 Å². The quantitative estimate of drug-likeness (QED) is 0.433. The first kappa shape index (κ1) is 23.0. The fourth-order valence-electron chi connectivity index (χ4n) is 1.66. The number of likely N-dealkylation sites (N-methyl/N-ethyl adjacent to an activating group) is 1. The van der Waals surface area contributed by atoms with Crippen LogP contribution in [0.3, 0.4) is 0 Å². The third-order valence-electron chi connectivity index (χ3n) is 3.31. The molecule has 0 rings (SSSR count). The lowest BCUT2D eigenvalue weighted by Crippen LogP contribution is -2.63. The van der Waals surface area contributed by atoms with E-state index >= 15 is 0 Å². The molecule has 0 spiro atoms. The lowest BCUT2D eigenvalue weighted by atomic mass is 9.94. The lowest BCUT2D eigenvalue weighted by Gasteiger charge is -2.37. The molecule has 10 heteroatoms. The molecule has 1 atom stereocenters. The highest BCUT2D eigenvalue weighted by molar-refractivity contribution is 6.02. The second-order valence-corrected chi connectivity index (χ2v) is 6.64. The van der Waals surface area contributed by atoms with Crippen molar-refractivity contribution >= 4 is 17.7 Å². The van der Waals surface area contributed by atoms with Crippen LogP contribution in [-0.4, -0.2) is 52.8 Å². The number of imide groups is 1. The molecule has 144 valence electrons. The van der Waals surface area contributed by atoms with Gasteiger partial charge in [0.05, 0.1) is 0 Å². The average molecular weight is 372 g/mol. The van der Waals surface area contributed by atoms with Gasteiger partial charge in [0.25, 0.3) is 5.91 Å². The van der Waals surface area contributed by atoms with Gasteiger partial charge in [0.1, 0.15) is 6.04 Å². The fraction of sp³-hybridized carbons (Fsp3) is 0.667. The Labute approximate surface area is 142 Å². The minimum absolute atomic E-state index is 0.0570. The van der Waals surface area contributed by atoms with Crippen molar-refractivity contribution in [3.05, 3.63) is 12.2 Å². The predicted molar refractivity (Wildman–Crippen MR) is 79.4 cm³/mol. The molecule has 0 bridgehead atoms. The molecule has 0 aliphatic rings. The zero-order valence-corrected chi connectivity index (χ0v) is 14.8. The van der Waals surface area contributed by atoms with Crippen LogP contribution < -0.4 is 0 Å². The van der Waals surface area contributed by atoms with Crippen molar-refractivity contribution in [1.29, 1.82) is 0 Å². The number of hydrogen-bond acceptors (Lipinski definition) is 3. The van der Waals surface area contributed by atoms with E-state index in [1.165, 1.54) is 6.92 Å². The summed E-state index contributed by atoms with van der Waals surface area (Å²) in [7, 11) is 1.03. The van der Waals surface area contributed by atoms with Crippen molar-refractivity contribution in [2.75, 3.05) is 7.05 Å². The normalized spacial score (nSPS) is 13.9. The Hall–Kier alpha value is -2.00. The molecular weight excluding hydrogens is 351 g/mol. The van der Waals surface area contributed by atoms with E-state index in [1.807, 2.05) is 0 Å². The van der Waals surface area contributed by atoms with E-state index < -0.39 is 46.3 Å². The van der Waals surface area contributed by atoms with Gasteiger partial charge in [-0.2, -0.15) is 22.0 Å². The lowest BCUT2D eigenvalue weighted by molar-refractivity contribution is -0.328. The summed E-state index contributed by atoms with van der Waals surface area (Å²) in [6.45, 7) is 8.81. The molecule has 0 saturated heterocycles. The molecule has 5 nitrogen and oxygen atoms in total. The number of rotatable bonds is 4. The number of alkyl halides is 5. The van der Waals surface area contributed by atoms with Crippen molar-refractivity contribution < 1.29 is 36.3 Å². The van der Waals surface area contributed by atoms with Crippen LogP contribution in [0.1, 0.15) is 34.6 Å². The zero-order valence-electron chi connectivity index (χ0n) is 14.8. The molecule has 0 fully saturated rings. The maximum Gasteiger partial charge on any atom is 0.476 e. The van der Waals surface area contributed by atoms with Gasteiger partial charge in [-0.1, -0.05) is 27.4 Å². The minimum atomic E-state index is -6.17. The summed E-state index contributed by atoms with van der Waals surface area (Å²) in [5, 5.41) is 0. The minimum Gasteiger partial charge on any atom is -0.330 e. The summed E-state index contributed by atoms with van der Waals surface area (Å²) in [6.07, 6.45) is -6.17. The Bertz CT molecular complexity index is 579. The van der Waals surface area contributed by atoms with Crippen LogP contribution in [0.4, 0.5) is 22.0 Å². The van der Waals surface area contributed by atoms with E-state index in [9.17, 15) is 36.3 Å². The zero-order chi connectivity index (χ0) is 20.5. The molecule has 0 aromatic heterocycles. The molecule has 0 aromatic rings. The van der Waals surface area contributed by atoms with Crippen LogP contribution in [0, 0.1) is 5.41 Å². The first-order chi connectivity index (χ1) is 10.9. The monoisotopic (exact) mass is 372 g/mol. The Kier molecular flexibility index (Phi) is 6.52. The smallest absolute Gasteiger partial charge is 0.330 e. The number of nitrogens with zero attached hydrogens (tertiary/aromatic N) is 2. The number of carbonyl (C=O) groups excluding carboxylic acids is 3. The number of amides is 3. The highest BCUT2D eigenvalue weighted by Gasteiger charge is 2.66. The molecule has 0 aliphatic heterocycles.